The first-order valence-corrected chi connectivity index (χ1v) is 5.57. The molecule has 0 aromatic carbocycles. The molecule has 17 heavy (non-hydrogen) atoms. The number of rotatable bonds is 6. The second-order valence-corrected chi connectivity index (χ2v) is 3.64. The van der Waals surface area contributed by atoms with Gasteiger partial charge in [0.15, 0.2) is 0 Å². The lowest BCUT2D eigenvalue weighted by Gasteiger charge is -1.96. The average Bonchev–Trinajstić information content (AvgIpc) is 2.85. The smallest absolute Gasteiger partial charge is 0.205 e. The molecule has 2 rings (SSSR count). The molecule has 2 heterocycles. The predicted octanol–water partition coefficient (Wildman–Crippen LogP) is 1.55. The average molecular weight is 230 g/mol. The van der Waals surface area contributed by atoms with Gasteiger partial charge in [0.2, 0.25) is 5.82 Å². The zero-order valence-electron chi connectivity index (χ0n) is 9.45. The molecule has 0 atom stereocenters. The minimum absolute atomic E-state index is 0.624. The van der Waals surface area contributed by atoms with Crippen LogP contribution in [0.3, 0.4) is 0 Å². The van der Waals surface area contributed by atoms with Crippen LogP contribution in [0.1, 0.15) is 19.3 Å². The highest BCUT2D eigenvalue weighted by Crippen LogP contribution is 2.10. The van der Waals surface area contributed by atoms with Gasteiger partial charge in [0.1, 0.15) is 0 Å². The standard InChI is InChI=1S/C11H14N6/c12-6-2-1-3-9-17-15-11(14-16-17)10-4-7-13-8-5-10/h4-8,12H,1-3,9H2. The van der Waals surface area contributed by atoms with Gasteiger partial charge in [-0.05, 0) is 42.8 Å². The summed E-state index contributed by atoms with van der Waals surface area (Å²) in [5.41, 5.74) is 0.922. The van der Waals surface area contributed by atoms with Gasteiger partial charge in [-0.2, -0.15) is 4.80 Å². The summed E-state index contributed by atoms with van der Waals surface area (Å²) in [6, 6.07) is 3.72. The number of nitrogens with one attached hydrogen (secondary N) is 1. The Morgan fingerprint density at radius 2 is 2.06 bits per heavy atom. The first-order valence-electron chi connectivity index (χ1n) is 5.57. The van der Waals surface area contributed by atoms with Crippen molar-refractivity contribution in [1.29, 1.82) is 5.41 Å². The van der Waals surface area contributed by atoms with E-state index in [2.05, 4.69) is 20.4 Å². The van der Waals surface area contributed by atoms with Crippen molar-refractivity contribution in [2.45, 2.75) is 25.8 Å². The third kappa shape index (κ3) is 3.17. The first-order chi connectivity index (χ1) is 8.40. The zero-order chi connectivity index (χ0) is 11.9. The summed E-state index contributed by atoms with van der Waals surface area (Å²) in [4.78, 5) is 5.54. The highest BCUT2D eigenvalue weighted by Gasteiger charge is 2.04. The molecule has 0 aliphatic carbocycles. The molecule has 0 bridgehead atoms. The summed E-state index contributed by atoms with van der Waals surface area (Å²) in [7, 11) is 0. The van der Waals surface area contributed by atoms with E-state index < -0.39 is 0 Å². The molecular formula is C11H14N6. The van der Waals surface area contributed by atoms with Gasteiger partial charge in [0.25, 0.3) is 0 Å². The van der Waals surface area contributed by atoms with E-state index in [1.807, 2.05) is 12.1 Å². The van der Waals surface area contributed by atoms with E-state index in [-0.39, 0.29) is 0 Å². The molecule has 6 nitrogen and oxygen atoms in total. The Kier molecular flexibility index (Phi) is 3.90. The summed E-state index contributed by atoms with van der Waals surface area (Å²) in [5.74, 6) is 0.624. The maximum Gasteiger partial charge on any atom is 0.205 e. The number of aromatic nitrogens is 5. The fraction of sp³-hybridized carbons (Fsp3) is 0.364. The van der Waals surface area contributed by atoms with Gasteiger partial charge in [0.05, 0.1) is 6.54 Å². The van der Waals surface area contributed by atoms with Crippen LogP contribution < -0.4 is 0 Å². The highest BCUT2D eigenvalue weighted by atomic mass is 15.6. The SMILES string of the molecule is N=CCCCCn1nnc(-c2ccncc2)n1. The number of unbranched alkanes of at least 4 members (excludes halogenated alkanes) is 2. The van der Waals surface area contributed by atoms with E-state index in [4.69, 9.17) is 5.41 Å². The number of tetrazole rings is 1. The summed E-state index contributed by atoms with van der Waals surface area (Å²) >= 11 is 0. The van der Waals surface area contributed by atoms with Crippen molar-refractivity contribution in [2.24, 2.45) is 0 Å². The van der Waals surface area contributed by atoms with Gasteiger partial charge in [-0.15, -0.1) is 10.2 Å². The number of hydrogen-bond acceptors (Lipinski definition) is 5. The van der Waals surface area contributed by atoms with Crippen molar-refractivity contribution in [3.05, 3.63) is 24.5 Å². The molecule has 0 spiro atoms. The van der Waals surface area contributed by atoms with E-state index in [0.29, 0.717) is 5.82 Å². The quantitative estimate of drug-likeness (QED) is 0.603. The molecule has 2 aromatic heterocycles. The van der Waals surface area contributed by atoms with Crippen LogP contribution >= 0.6 is 0 Å². The van der Waals surface area contributed by atoms with Crippen molar-refractivity contribution in [3.63, 3.8) is 0 Å². The molecule has 0 radical (unpaired) electrons. The van der Waals surface area contributed by atoms with Gasteiger partial charge in [-0.3, -0.25) is 4.98 Å². The fourth-order valence-corrected chi connectivity index (χ4v) is 1.45. The van der Waals surface area contributed by atoms with E-state index >= 15 is 0 Å². The number of nitrogens with zero attached hydrogens (tertiary/aromatic N) is 5. The summed E-state index contributed by atoms with van der Waals surface area (Å²) < 4.78 is 0. The zero-order valence-corrected chi connectivity index (χ0v) is 9.45. The minimum atomic E-state index is 0.624. The Hall–Kier alpha value is -2.11. The minimum Gasteiger partial charge on any atom is -0.313 e. The maximum absolute atomic E-state index is 6.92. The van der Waals surface area contributed by atoms with Gasteiger partial charge in [0, 0.05) is 18.0 Å². The second-order valence-electron chi connectivity index (χ2n) is 3.64. The van der Waals surface area contributed by atoms with Crippen LogP contribution in [0.4, 0.5) is 0 Å². The molecule has 1 N–H and O–H groups in total. The molecule has 0 unspecified atom stereocenters. The fourth-order valence-electron chi connectivity index (χ4n) is 1.45. The van der Waals surface area contributed by atoms with Crippen LogP contribution in [-0.2, 0) is 6.54 Å². The lowest BCUT2D eigenvalue weighted by Crippen LogP contribution is -2.02. The largest absolute Gasteiger partial charge is 0.313 e. The lowest BCUT2D eigenvalue weighted by molar-refractivity contribution is 0.492. The number of aryl methyl sites for hydroxylation is 1. The van der Waals surface area contributed by atoms with Crippen LogP contribution in [0, 0.1) is 5.41 Å². The van der Waals surface area contributed by atoms with Gasteiger partial charge >= 0.3 is 0 Å². The van der Waals surface area contributed by atoms with Gasteiger partial charge < -0.3 is 5.41 Å². The molecule has 0 amide bonds. The first kappa shape index (κ1) is 11.4. The van der Waals surface area contributed by atoms with Crippen LogP contribution in [0.25, 0.3) is 11.4 Å². The van der Waals surface area contributed by atoms with Crippen LogP contribution in [0.15, 0.2) is 24.5 Å². The molecule has 0 saturated carbocycles. The van der Waals surface area contributed by atoms with E-state index in [1.54, 1.807) is 17.2 Å². The monoisotopic (exact) mass is 230 g/mol. The van der Waals surface area contributed by atoms with Crippen molar-refractivity contribution in [3.8, 4) is 11.4 Å². The molecule has 0 aliphatic heterocycles. The predicted molar refractivity (Wildman–Crippen MR) is 63.7 cm³/mol. The Labute approximate surface area is 99.2 Å². The molecule has 0 saturated heterocycles. The van der Waals surface area contributed by atoms with Crippen LogP contribution in [-0.4, -0.2) is 31.4 Å². The third-order valence-electron chi connectivity index (χ3n) is 2.35. The summed E-state index contributed by atoms with van der Waals surface area (Å²) in [6.45, 7) is 0.742. The maximum atomic E-state index is 6.92. The van der Waals surface area contributed by atoms with Crippen LogP contribution in [0.2, 0.25) is 0 Å². The van der Waals surface area contributed by atoms with E-state index in [9.17, 15) is 0 Å². The molecular weight excluding hydrogens is 216 g/mol. The Morgan fingerprint density at radius 1 is 1.24 bits per heavy atom. The number of hydrogen-bond donors (Lipinski definition) is 1. The lowest BCUT2D eigenvalue weighted by atomic mass is 10.2. The normalized spacial score (nSPS) is 10.4. The second kappa shape index (κ2) is 5.83. The molecule has 0 aliphatic rings. The Balaban J connectivity index is 1.94. The molecule has 2 aromatic rings. The molecule has 88 valence electrons. The highest BCUT2D eigenvalue weighted by molar-refractivity contribution is 5.52. The number of pyridine rings is 1. The van der Waals surface area contributed by atoms with Gasteiger partial charge in [-0.25, -0.2) is 0 Å². The van der Waals surface area contributed by atoms with Crippen molar-refractivity contribution in [1.82, 2.24) is 25.2 Å². The molecule has 0 fully saturated rings. The molecule has 6 heteroatoms. The van der Waals surface area contributed by atoms with Crippen LogP contribution in [0.5, 0.6) is 0 Å². The summed E-state index contributed by atoms with van der Waals surface area (Å²) in [5, 5.41) is 19.2. The topological polar surface area (TPSA) is 80.3 Å². The van der Waals surface area contributed by atoms with Crippen molar-refractivity contribution < 1.29 is 0 Å². The van der Waals surface area contributed by atoms with E-state index in [1.165, 1.54) is 6.21 Å². The van der Waals surface area contributed by atoms with E-state index in [0.717, 1.165) is 31.4 Å². The van der Waals surface area contributed by atoms with Crippen molar-refractivity contribution in [2.75, 3.05) is 0 Å². The Bertz CT molecular complexity index is 464. The Morgan fingerprint density at radius 3 is 2.82 bits per heavy atom. The van der Waals surface area contributed by atoms with Crippen molar-refractivity contribution >= 4 is 6.21 Å². The third-order valence-corrected chi connectivity index (χ3v) is 2.35. The van der Waals surface area contributed by atoms with Gasteiger partial charge in [-0.1, -0.05) is 0 Å². The summed E-state index contributed by atoms with van der Waals surface area (Å²) in [6.07, 6.45) is 7.60.